The first kappa shape index (κ1) is 16.9. The van der Waals surface area contributed by atoms with Crippen molar-refractivity contribution < 1.29 is 17.6 Å². The van der Waals surface area contributed by atoms with Crippen LogP contribution in [-0.4, -0.2) is 20.7 Å². The van der Waals surface area contributed by atoms with E-state index in [-0.39, 0.29) is 17.7 Å². The summed E-state index contributed by atoms with van der Waals surface area (Å²) in [6.45, 7) is 5.26. The van der Waals surface area contributed by atoms with Gasteiger partial charge in [-0.25, -0.2) is 9.37 Å². The van der Waals surface area contributed by atoms with E-state index in [2.05, 4.69) is 9.97 Å². The Morgan fingerprint density at radius 2 is 1.92 bits per heavy atom. The quantitative estimate of drug-likeness (QED) is 0.730. The van der Waals surface area contributed by atoms with Crippen LogP contribution in [0.2, 0.25) is 0 Å². The molecule has 0 bridgehead atoms. The number of alkyl halides is 4. The van der Waals surface area contributed by atoms with Gasteiger partial charge in [-0.05, 0) is 25.8 Å². The summed E-state index contributed by atoms with van der Waals surface area (Å²) in [6.07, 6.45) is -1.28. The van der Waals surface area contributed by atoms with Crippen LogP contribution < -0.4 is 0 Å². The van der Waals surface area contributed by atoms with Gasteiger partial charge in [0.1, 0.15) is 12.0 Å². The first-order valence-electron chi connectivity index (χ1n) is 7.94. The molecule has 0 atom stereocenters. The maximum Gasteiger partial charge on any atom is 0.418 e. The number of nitrogens with zero attached hydrogens (tertiary/aromatic N) is 3. The lowest BCUT2D eigenvalue weighted by Crippen LogP contribution is -2.28. The van der Waals surface area contributed by atoms with Gasteiger partial charge in [0.05, 0.1) is 11.3 Å². The zero-order valence-electron chi connectivity index (χ0n) is 13.7. The van der Waals surface area contributed by atoms with Crippen molar-refractivity contribution in [1.29, 1.82) is 0 Å². The number of hydrogen-bond donors (Lipinski definition) is 0. The van der Waals surface area contributed by atoms with Crippen LogP contribution in [0.15, 0.2) is 18.5 Å². The summed E-state index contributed by atoms with van der Waals surface area (Å²) >= 11 is 0. The molecule has 0 aromatic carbocycles. The zero-order chi connectivity index (χ0) is 17.6. The monoisotopic (exact) mass is 341 g/mol. The lowest BCUT2D eigenvalue weighted by Gasteiger charge is -2.32. The van der Waals surface area contributed by atoms with Gasteiger partial charge in [-0.3, -0.25) is 4.98 Å². The number of halogens is 4. The predicted molar refractivity (Wildman–Crippen MR) is 82.5 cm³/mol. The van der Waals surface area contributed by atoms with E-state index in [0.717, 1.165) is 11.9 Å². The number of pyridine rings is 1. The molecule has 7 heteroatoms. The van der Waals surface area contributed by atoms with Gasteiger partial charge in [-0.2, -0.15) is 13.2 Å². The molecule has 3 rings (SSSR count). The van der Waals surface area contributed by atoms with E-state index in [1.165, 1.54) is 13.1 Å². The first-order chi connectivity index (χ1) is 11.2. The molecule has 130 valence electrons. The Bertz CT molecular complexity index is 743. The van der Waals surface area contributed by atoms with E-state index in [0.29, 0.717) is 24.1 Å². The Labute approximate surface area is 137 Å². The molecular formula is C17H19F4N3. The number of hydrogen-bond acceptors (Lipinski definition) is 2. The van der Waals surface area contributed by atoms with Crippen molar-refractivity contribution in [3.05, 3.63) is 35.5 Å². The van der Waals surface area contributed by atoms with Crippen molar-refractivity contribution in [2.45, 2.75) is 57.9 Å². The molecule has 0 spiro atoms. The largest absolute Gasteiger partial charge is 0.418 e. The van der Waals surface area contributed by atoms with Gasteiger partial charge in [0.25, 0.3) is 0 Å². The molecule has 0 unspecified atom stereocenters. The van der Waals surface area contributed by atoms with E-state index < -0.39 is 17.9 Å². The molecule has 0 N–H and O–H groups in total. The second-order valence-electron chi connectivity index (χ2n) is 6.62. The molecule has 1 aliphatic carbocycles. The maximum atomic E-state index is 13.2. The highest BCUT2D eigenvalue weighted by Gasteiger charge is 2.35. The summed E-state index contributed by atoms with van der Waals surface area (Å²) < 4.78 is 54.3. The van der Waals surface area contributed by atoms with Gasteiger partial charge in [0.2, 0.25) is 0 Å². The zero-order valence-corrected chi connectivity index (χ0v) is 13.7. The van der Waals surface area contributed by atoms with Crippen molar-refractivity contribution in [1.82, 2.24) is 14.5 Å². The van der Waals surface area contributed by atoms with Crippen LogP contribution in [0.3, 0.4) is 0 Å². The van der Waals surface area contributed by atoms with Crippen LogP contribution >= 0.6 is 0 Å². The third-order valence-corrected chi connectivity index (χ3v) is 4.41. The summed E-state index contributed by atoms with van der Waals surface area (Å²) in [7, 11) is 0. The third-order valence-electron chi connectivity index (χ3n) is 4.41. The fraction of sp³-hybridized carbons (Fsp3) is 0.529. The van der Waals surface area contributed by atoms with Crippen LogP contribution in [0, 0.1) is 6.92 Å². The van der Waals surface area contributed by atoms with Gasteiger partial charge in [0.15, 0.2) is 0 Å². The van der Waals surface area contributed by atoms with Crippen LogP contribution in [0.25, 0.3) is 11.3 Å². The molecule has 0 saturated heterocycles. The Balaban J connectivity index is 2.02. The number of aromatic nitrogens is 3. The van der Waals surface area contributed by atoms with Crippen LogP contribution in [-0.2, 0) is 6.18 Å². The average molecular weight is 341 g/mol. The molecule has 1 saturated carbocycles. The van der Waals surface area contributed by atoms with E-state index in [9.17, 15) is 17.6 Å². The molecule has 0 amide bonds. The van der Waals surface area contributed by atoms with Gasteiger partial charge in [-0.1, -0.05) is 13.8 Å². The first-order valence-corrected chi connectivity index (χ1v) is 7.94. The topological polar surface area (TPSA) is 30.7 Å². The summed E-state index contributed by atoms with van der Waals surface area (Å²) in [5.74, 6) is 0.855. The van der Waals surface area contributed by atoms with Gasteiger partial charge in [0, 0.05) is 35.6 Å². The Hall–Kier alpha value is -1.92. The molecule has 2 aromatic rings. The highest BCUT2D eigenvalue weighted by atomic mass is 19.4. The maximum absolute atomic E-state index is 13.2. The highest BCUT2D eigenvalue weighted by molar-refractivity contribution is 5.59. The minimum atomic E-state index is -4.45. The Morgan fingerprint density at radius 1 is 1.25 bits per heavy atom. The number of imidazole rings is 1. The molecular weight excluding hydrogens is 322 g/mol. The summed E-state index contributed by atoms with van der Waals surface area (Å²) in [4.78, 5) is 8.36. The summed E-state index contributed by atoms with van der Waals surface area (Å²) in [6, 6.07) is 1.11. The summed E-state index contributed by atoms with van der Waals surface area (Å²) in [5.41, 5.74) is -0.0501. The second-order valence-corrected chi connectivity index (χ2v) is 6.62. The molecule has 1 aliphatic rings. The third kappa shape index (κ3) is 3.03. The highest BCUT2D eigenvalue weighted by Crippen LogP contribution is 2.39. The van der Waals surface area contributed by atoms with Crippen molar-refractivity contribution in [2.24, 2.45) is 0 Å². The molecule has 1 fully saturated rings. The van der Waals surface area contributed by atoms with Gasteiger partial charge >= 0.3 is 6.18 Å². The Kier molecular flexibility index (Phi) is 4.13. The second kappa shape index (κ2) is 5.86. The molecule has 0 aliphatic heterocycles. The normalized spacial score (nSPS) is 21.2. The smallest absolute Gasteiger partial charge is 0.331 e. The van der Waals surface area contributed by atoms with Crippen molar-refractivity contribution >= 4 is 0 Å². The molecule has 2 heterocycles. The van der Waals surface area contributed by atoms with E-state index in [1.54, 1.807) is 6.20 Å². The van der Waals surface area contributed by atoms with Crippen LogP contribution in [0.5, 0.6) is 0 Å². The fourth-order valence-corrected chi connectivity index (χ4v) is 2.98. The van der Waals surface area contributed by atoms with E-state index >= 15 is 0 Å². The fourth-order valence-electron chi connectivity index (χ4n) is 2.98. The van der Waals surface area contributed by atoms with Gasteiger partial charge < -0.3 is 4.57 Å². The molecule has 3 nitrogen and oxygen atoms in total. The van der Waals surface area contributed by atoms with Crippen LogP contribution in [0.4, 0.5) is 17.6 Å². The Morgan fingerprint density at radius 3 is 2.46 bits per heavy atom. The molecule has 2 aromatic heterocycles. The minimum absolute atomic E-state index is 0.0270. The minimum Gasteiger partial charge on any atom is -0.331 e. The molecule has 0 radical (unpaired) electrons. The lowest BCUT2D eigenvalue weighted by atomic mass is 9.90. The average Bonchev–Trinajstić information content (AvgIpc) is 2.88. The SMILES string of the molecule is Cc1ncc(-c2cn([C@H]3C[C@@H](F)C3)c(C(C)C)n2)cc1C(F)(F)F. The molecule has 24 heavy (non-hydrogen) atoms. The van der Waals surface area contributed by atoms with Crippen molar-refractivity contribution in [2.75, 3.05) is 0 Å². The lowest BCUT2D eigenvalue weighted by molar-refractivity contribution is -0.138. The van der Waals surface area contributed by atoms with E-state index in [4.69, 9.17) is 0 Å². The predicted octanol–water partition coefficient (Wildman–Crippen LogP) is 5.07. The summed E-state index contributed by atoms with van der Waals surface area (Å²) in [5, 5.41) is 0. The van der Waals surface area contributed by atoms with E-state index in [1.807, 2.05) is 18.4 Å². The van der Waals surface area contributed by atoms with Crippen LogP contribution in [0.1, 0.15) is 55.7 Å². The standard InChI is InChI=1S/C17H19F4N3/c1-9(2)16-23-15(8-24(16)13-5-12(18)6-13)11-4-14(17(19,20)21)10(3)22-7-11/h4,7-9,12-13H,5-6H2,1-3H3/t12-,13+. The van der Waals surface area contributed by atoms with Crippen molar-refractivity contribution in [3.8, 4) is 11.3 Å². The van der Waals surface area contributed by atoms with Gasteiger partial charge in [-0.15, -0.1) is 0 Å². The number of aryl methyl sites for hydroxylation is 1. The number of rotatable bonds is 3. The van der Waals surface area contributed by atoms with Crippen molar-refractivity contribution in [3.63, 3.8) is 0 Å².